The average Bonchev–Trinajstić information content (AvgIpc) is 2.72. The van der Waals surface area contributed by atoms with Crippen LogP contribution in [0.3, 0.4) is 0 Å². The highest BCUT2D eigenvalue weighted by Gasteiger charge is 2.12. The SMILES string of the molecule is O=[S@@](Cc1ccccc1)/C(=C\NC(=S)Nc1cc(Cl)ccc1Cl)c1ccccc1. The molecular formula is C22H18Cl2N2OS2. The van der Waals surface area contributed by atoms with Crippen LogP contribution in [0.2, 0.25) is 10.0 Å². The summed E-state index contributed by atoms with van der Waals surface area (Å²) in [5.74, 6) is 0.406. The Bertz CT molecular complexity index is 1040. The van der Waals surface area contributed by atoms with E-state index in [2.05, 4.69) is 10.6 Å². The molecule has 0 heterocycles. The number of anilines is 1. The standard InChI is InChI=1S/C22H18Cl2N2OS2/c23-18-11-12-19(24)20(13-18)26-22(28)25-14-21(17-9-5-2-6-10-17)29(27)15-16-7-3-1-4-8-16/h1-14H,15H2,(H2,25,26,28)/b21-14-/t29-/m0/s1. The number of nitrogens with one attached hydrogen (secondary N) is 2. The first-order valence-corrected chi connectivity index (χ1v) is 11.2. The normalized spacial score (nSPS) is 12.3. The third-order valence-corrected chi connectivity index (χ3v) is 6.18. The van der Waals surface area contributed by atoms with Crippen LogP contribution in [0.1, 0.15) is 11.1 Å². The molecule has 0 radical (unpaired) electrons. The lowest BCUT2D eigenvalue weighted by Crippen LogP contribution is -2.24. The lowest BCUT2D eigenvalue weighted by Gasteiger charge is -2.12. The molecule has 3 aromatic rings. The number of benzene rings is 3. The molecule has 0 aliphatic carbocycles. The Morgan fingerprint density at radius 3 is 2.31 bits per heavy atom. The van der Waals surface area contributed by atoms with Crippen molar-refractivity contribution in [2.24, 2.45) is 0 Å². The summed E-state index contributed by atoms with van der Waals surface area (Å²) >= 11 is 17.5. The van der Waals surface area contributed by atoms with Gasteiger partial charge in [-0.05, 0) is 41.5 Å². The van der Waals surface area contributed by atoms with Gasteiger partial charge >= 0.3 is 0 Å². The molecule has 2 N–H and O–H groups in total. The fourth-order valence-corrected chi connectivity index (χ4v) is 4.31. The van der Waals surface area contributed by atoms with E-state index in [-0.39, 0.29) is 0 Å². The Kier molecular flexibility index (Phi) is 7.83. The predicted octanol–water partition coefficient (Wildman–Crippen LogP) is 6.23. The van der Waals surface area contributed by atoms with Gasteiger partial charge in [-0.15, -0.1) is 0 Å². The van der Waals surface area contributed by atoms with Crippen molar-refractivity contribution in [2.45, 2.75) is 5.75 Å². The second-order valence-corrected chi connectivity index (χ2v) is 8.74. The summed E-state index contributed by atoms with van der Waals surface area (Å²) in [6.45, 7) is 0. The van der Waals surface area contributed by atoms with E-state index in [0.29, 0.717) is 31.5 Å². The maximum absolute atomic E-state index is 13.1. The van der Waals surface area contributed by atoms with Crippen molar-refractivity contribution >= 4 is 61.9 Å². The van der Waals surface area contributed by atoms with Crippen LogP contribution < -0.4 is 10.6 Å². The van der Waals surface area contributed by atoms with Gasteiger partial charge in [0.05, 0.1) is 32.2 Å². The zero-order chi connectivity index (χ0) is 20.6. The van der Waals surface area contributed by atoms with Crippen molar-refractivity contribution in [1.82, 2.24) is 5.32 Å². The minimum atomic E-state index is -1.27. The highest BCUT2D eigenvalue weighted by atomic mass is 35.5. The van der Waals surface area contributed by atoms with E-state index in [1.165, 1.54) is 0 Å². The number of hydrogen-bond donors (Lipinski definition) is 2. The van der Waals surface area contributed by atoms with Crippen LogP contribution in [0.4, 0.5) is 5.69 Å². The minimum Gasteiger partial charge on any atom is -0.338 e. The second-order valence-electron chi connectivity index (χ2n) is 6.07. The predicted molar refractivity (Wildman–Crippen MR) is 129 cm³/mol. The van der Waals surface area contributed by atoms with E-state index in [1.54, 1.807) is 24.4 Å². The fraction of sp³-hybridized carbons (Fsp3) is 0.0455. The molecule has 148 valence electrons. The summed E-state index contributed by atoms with van der Waals surface area (Å²) in [5.41, 5.74) is 2.45. The third kappa shape index (κ3) is 6.41. The topological polar surface area (TPSA) is 41.1 Å². The molecule has 0 amide bonds. The van der Waals surface area contributed by atoms with Gasteiger partial charge in [0.2, 0.25) is 0 Å². The molecule has 0 aromatic heterocycles. The molecule has 7 heteroatoms. The summed E-state index contributed by atoms with van der Waals surface area (Å²) in [5, 5.41) is 7.38. The van der Waals surface area contributed by atoms with Gasteiger partial charge < -0.3 is 10.6 Å². The first kappa shape index (κ1) is 21.5. The van der Waals surface area contributed by atoms with Crippen LogP contribution in [0.15, 0.2) is 85.1 Å². The maximum atomic E-state index is 13.1. The van der Waals surface area contributed by atoms with Crippen LogP contribution in [0.5, 0.6) is 0 Å². The molecule has 0 aliphatic heterocycles. The van der Waals surface area contributed by atoms with E-state index in [9.17, 15) is 4.21 Å². The largest absolute Gasteiger partial charge is 0.338 e. The van der Waals surface area contributed by atoms with Crippen molar-refractivity contribution in [3.8, 4) is 0 Å². The number of halogens is 2. The Morgan fingerprint density at radius 2 is 1.62 bits per heavy atom. The average molecular weight is 461 g/mol. The van der Waals surface area contributed by atoms with E-state index in [1.807, 2.05) is 60.7 Å². The molecule has 3 nitrogen and oxygen atoms in total. The van der Waals surface area contributed by atoms with Crippen LogP contribution in [0, 0.1) is 0 Å². The van der Waals surface area contributed by atoms with Gasteiger partial charge in [0, 0.05) is 11.2 Å². The molecule has 1 atom stereocenters. The van der Waals surface area contributed by atoms with Crippen molar-refractivity contribution in [2.75, 3.05) is 5.32 Å². The molecule has 0 saturated carbocycles. The van der Waals surface area contributed by atoms with Crippen LogP contribution in [-0.2, 0) is 16.6 Å². The highest BCUT2D eigenvalue weighted by molar-refractivity contribution is 7.93. The Labute approximate surface area is 188 Å². The van der Waals surface area contributed by atoms with E-state index in [0.717, 1.165) is 11.1 Å². The maximum Gasteiger partial charge on any atom is 0.174 e. The second kappa shape index (κ2) is 10.6. The third-order valence-electron chi connectivity index (χ3n) is 3.96. The fourth-order valence-electron chi connectivity index (χ4n) is 2.57. The summed E-state index contributed by atoms with van der Waals surface area (Å²) in [6, 6.07) is 24.4. The van der Waals surface area contributed by atoms with Crippen molar-refractivity contribution < 1.29 is 4.21 Å². The quantitative estimate of drug-likeness (QED) is 0.427. The monoisotopic (exact) mass is 460 g/mol. The Hall–Kier alpha value is -2.18. The first-order chi connectivity index (χ1) is 14.0. The summed E-state index contributed by atoms with van der Waals surface area (Å²) in [4.78, 5) is 0.649. The van der Waals surface area contributed by atoms with Crippen LogP contribution in [0.25, 0.3) is 4.91 Å². The van der Waals surface area contributed by atoms with Gasteiger partial charge in [-0.1, -0.05) is 83.9 Å². The smallest absolute Gasteiger partial charge is 0.174 e. The molecular weight excluding hydrogens is 443 g/mol. The van der Waals surface area contributed by atoms with Gasteiger partial charge in [-0.25, -0.2) is 0 Å². The van der Waals surface area contributed by atoms with Gasteiger partial charge in [0.25, 0.3) is 0 Å². The molecule has 0 bridgehead atoms. The van der Waals surface area contributed by atoms with Crippen LogP contribution >= 0.6 is 35.4 Å². The van der Waals surface area contributed by atoms with Crippen molar-refractivity contribution in [3.05, 3.63) is 106 Å². The van der Waals surface area contributed by atoms with E-state index < -0.39 is 10.8 Å². The van der Waals surface area contributed by atoms with Gasteiger partial charge in [-0.3, -0.25) is 4.21 Å². The summed E-state index contributed by atoms with van der Waals surface area (Å²) in [7, 11) is -1.27. The number of hydrogen-bond acceptors (Lipinski definition) is 2. The molecule has 0 fully saturated rings. The molecule has 0 unspecified atom stereocenters. The summed E-state index contributed by atoms with van der Waals surface area (Å²) < 4.78 is 13.1. The molecule has 0 saturated heterocycles. The zero-order valence-corrected chi connectivity index (χ0v) is 18.4. The van der Waals surface area contributed by atoms with Gasteiger partial charge in [0.1, 0.15) is 0 Å². The number of thiocarbonyl (C=S) groups is 1. The molecule has 0 aliphatic rings. The van der Waals surface area contributed by atoms with Gasteiger partial charge in [-0.2, -0.15) is 0 Å². The Balaban J connectivity index is 1.78. The zero-order valence-electron chi connectivity index (χ0n) is 15.3. The Morgan fingerprint density at radius 1 is 0.966 bits per heavy atom. The van der Waals surface area contributed by atoms with Crippen molar-refractivity contribution in [3.63, 3.8) is 0 Å². The first-order valence-electron chi connectivity index (χ1n) is 8.73. The van der Waals surface area contributed by atoms with Crippen molar-refractivity contribution in [1.29, 1.82) is 0 Å². The molecule has 3 aromatic carbocycles. The molecule has 3 rings (SSSR count). The van der Waals surface area contributed by atoms with Gasteiger partial charge in [0.15, 0.2) is 5.11 Å². The molecule has 29 heavy (non-hydrogen) atoms. The van der Waals surface area contributed by atoms with E-state index in [4.69, 9.17) is 35.4 Å². The summed E-state index contributed by atoms with van der Waals surface area (Å²) in [6.07, 6.45) is 1.67. The molecule has 0 spiro atoms. The highest BCUT2D eigenvalue weighted by Crippen LogP contribution is 2.25. The minimum absolute atomic E-state index is 0.319. The lowest BCUT2D eigenvalue weighted by atomic mass is 10.2. The van der Waals surface area contributed by atoms with E-state index >= 15 is 0 Å². The van der Waals surface area contributed by atoms with Crippen LogP contribution in [-0.4, -0.2) is 9.32 Å². The number of rotatable bonds is 6. The lowest BCUT2D eigenvalue weighted by molar-refractivity contribution is 0.688.